The van der Waals surface area contributed by atoms with Crippen LogP contribution in [0.25, 0.3) is 5.69 Å². The SMILES string of the molecule is Cc1cc(N2C(=S)N[C@H](c3ccccn3)[C@H]2c2cc(C)n(-c3ccccc3F)c2C)ccc1Br. The molecule has 0 unspecified atom stereocenters. The third-order valence-corrected chi connectivity index (χ3v) is 7.60. The molecular weight excluding hydrogens is 511 g/mol. The number of benzene rings is 2. The molecule has 4 nitrogen and oxygen atoms in total. The molecule has 7 heteroatoms. The van der Waals surface area contributed by atoms with Crippen molar-refractivity contribution in [1.82, 2.24) is 14.9 Å². The lowest BCUT2D eigenvalue weighted by molar-refractivity contribution is 0.564. The van der Waals surface area contributed by atoms with Crippen molar-refractivity contribution in [3.05, 3.63) is 111 Å². The number of para-hydroxylation sites is 1. The van der Waals surface area contributed by atoms with E-state index in [4.69, 9.17) is 12.2 Å². The smallest absolute Gasteiger partial charge is 0.174 e. The molecule has 1 aliphatic heterocycles. The van der Waals surface area contributed by atoms with E-state index in [9.17, 15) is 4.39 Å². The Balaban J connectivity index is 1.70. The Morgan fingerprint density at radius 3 is 2.47 bits per heavy atom. The number of nitrogens with one attached hydrogen (secondary N) is 1. The zero-order valence-corrected chi connectivity index (χ0v) is 21.5. The van der Waals surface area contributed by atoms with Crippen LogP contribution in [0.4, 0.5) is 10.1 Å². The molecule has 0 amide bonds. The van der Waals surface area contributed by atoms with Crippen molar-refractivity contribution >= 4 is 38.9 Å². The number of aryl methyl sites for hydroxylation is 2. The van der Waals surface area contributed by atoms with Gasteiger partial charge in [0.05, 0.1) is 23.5 Å². The fourth-order valence-corrected chi connectivity index (χ4v) is 5.41. The number of rotatable bonds is 4. The molecule has 2 aromatic heterocycles. The summed E-state index contributed by atoms with van der Waals surface area (Å²) in [6, 6.07) is 20.8. The molecule has 0 bridgehead atoms. The highest BCUT2D eigenvalue weighted by molar-refractivity contribution is 9.10. The van der Waals surface area contributed by atoms with Gasteiger partial charge in [-0.05, 0) is 92.6 Å². The summed E-state index contributed by atoms with van der Waals surface area (Å²) >= 11 is 9.46. The van der Waals surface area contributed by atoms with E-state index in [0.717, 1.165) is 38.4 Å². The van der Waals surface area contributed by atoms with Gasteiger partial charge in [-0.3, -0.25) is 4.98 Å². The van der Waals surface area contributed by atoms with Crippen LogP contribution in [0.5, 0.6) is 0 Å². The maximum absolute atomic E-state index is 14.8. The summed E-state index contributed by atoms with van der Waals surface area (Å²) in [5.74, 6) is -0.252. The molecular formula is C27H24BrFN4S. The van der Waals surface area contributed by atoms with Crippen molar-refractivity contribution in [3.63, 3.8) is 0 Å². The van der Waals surface area contributed by atoms with Gasteiger partial charge in [-0.1, -0.05) is 34.1 Å². The van der Waals surface area contributed by atoms with Gasteiger partial charge in [-0.15, -0.1) is 0 Å². The van der Waals surface area contributed by atoms with Crippen molar-refractivity contribution in [2.75, 3.05) is 4.90 Å². The Morgan fingerprint density at radius 1 is 1.00 bits per heavy atom. The van der Waals surface area contributed by atoms with E-state index in [1.54, 1.807) is 12.3 Å². The van der Waals surface area contributed by atoms with E-state index in [1.807, 2.05) is 54.8 Å². The van der Waals surface area contributed by atoms with Gasteiger partial charge in [0.25, 0.3) is 0 Å². The second-order valence-corrected chi connectivity index (χ2v) is 9.78. The molecule has 5 rings (SSSR count). The summed E-state index contributed by atoms with van der Waals surface area (Å²) < 4.78 is 17.8. The molecule has 1 fully saturated rings. The van der Waals surface area contributed by atoms with Gasteiger partial charge in [0.1, 0.15) is 5.82 Å². The van der Waals surface area contributed by atoms with Crippen LogP contribution in [0.3, 0.4) is 0 Å². The summed E-state index contributed by atoms with van der Waals surface area (Å²) in [7, 11) is 0. The molecule has 2 atom stereocenters. The molecule has 0 radical (unpaired) electrons. The van der Waals surface area contributed by atoms with Crippen LogP contribution in [0.2, 0.25) is 0 Å². The largest absolute Gasteiger partial charge is 0.351 e. The normalized spacial score (nSPS) is 17.8. The third-order valence-electron chi connectivity index (χ3n) is 6.40. The van der Waals surface area contributed by atoms with Crippen LogP contribution in [0.15, 0.2) is 77.4 Å². The Labute approximate surface area is 212 Å². The Morgan fingerprint density at radius 2 is 1.76 bits per heavy atom. The van der Waals surface area contributed by atoms with Gasteiger partial charge in [-0.2, -0.15) is 0 Å². The number of thiocarbonyl (C=S) groups is 1. The van der Waals surface area contributed by atoms with Crippen molar-refractivity contribution in [1.29, 1.82) is 0 Å². The highest BCUT2D eigenvalue weighted by Crippen LogP contribution is 2.44. The van der Waals surface area contributed by atoms with E-state index < -0.39 is 0 Å². The molecule has 1 N–H and O–H groups in total. The standard InChI is InChI=1S/C27H24BrFN4S/c1-16-14-19(11-12-21(16)28)33-26(25(31-27(33)34)23-9-6-7-13-30-23)20-15-17(2)32(18(20)3)24-10-5-4-8-22(24)29/h4-15,25-26H,1-3H3,(H,31,34)/t25-,26-/m1/s1. The zero-order chi connectivity index (χ0) is 24.0. The van der Waals surface area contributed by atoms with Crippen LogP contribution >= 0.6 is 28.1 Å². The first kappa shape index (κ1) is 22.7. The maximum atomic E-state index is 14.8. The first-order valence-electron chi connectivity index (χ1n) is 11.1. The van der Waals surface area contributed by atoms with Crippen LogP contribution in [-0.4, -0.2) is 14.7 Å². The minimum Gasteiger partial charge on any atom is -0.351 e. The molecule has 0 spiro atoms. The average Bonchev–Trinajstić information content (AvgIpc) is 3.32. The predicted molar refractivity (Wildman–Crippen MR) is 142 cm³/mol. The first-order chi connectivity index (χ1) is 16.4. The van der Waals surface area contributed by atoms with Crippen LogP contribution < -0.4 is 10.2 Å². The van der Waals surface area contributed by atoms with Crippen molar-refractivity contribution in [2.45, 2.75) is 32.9 Å². The number of hydrogen-bond acceptors (Lipinski definition) is 2. The van der Waals surface area contributed by atoms with Crippen molar-refractivity contribution in [3.8, 4) is 5.69 Å². The zero-order valence-electron chi connectivity index (χ0n) is 19.1. The molecule has 172 valence electrons. The van der Waals surface area contributed by atoms with Crippen molar-refractivity contribution < 1.29 is 4.39 Å². The summed E-state index contributed by atoms with van der Waals surface area (Å²) in [4.78, 5) is 6.79. The lowest BCUT2D eigenvalue weighted by Gasteiger charge is -2.28. The lowest BCUT2D eigenvalue weighted by Crippen LogP contribution is -2.29. The Bertz CT molecular complexity index is 1380. The molecule has 1 saturated heterocycles. The van der Waals surface area contributed by atoms with Crippen molar-refractivity contribution in [2.24, 2.45) is 0 Å². The lowest BCUT2D eigenvalue weighted by atomic mass is 9.96. The molecule has 34 heavy (non-hydrogen) atoms. The second-order valence-electron chi connectivity index (χ2n) is 8.54. The van der Waals surface area contributed by atoms with E-state index in [0.29, 0.717) is 10.8 Å². The fraction of sp³-hybridized carbons (Fsp3) is 0.185. The molecule has 1 aliphatic rings. The van der Waals surface area contributed by atoms with Crippen LogP contribution in [0, 0.1) is 26.6 Å². The molecule has 2 aromatic carbocycles. The fourth-order valence-electron chi connectivity index (χ4n) is 4.82. The monoisotopic (exact) mass is 534 g/mol. The minimum absolute atomic E-state index is 0.158. The molecule has 0 saturated carbocycles. The first-order valence-corrected chi connectivity index (χ1v) is 12.3. The highest BCUT2D eigenvalue weighted by atomic mass is 79.9. The predicted octanol–water partition coefficient (Wildman–Crippen LogP) is 6.88. The number of pyridine rings is 1. The number of nitrogens with zero attached hydrogens (tertiary/aromatic N) is 3. The van der Waals surface area contributed by atoms with E-state index in [1.165, 1.54) is 6.07 Å². The van der Waals surface area contributed by atoms with Crippen LogP contribution in [-0.2, 0) is 0 Å². The number of hydrogen-bond donors (Lipinski definition) is 1. The minimum atomic E-state index is -0.252. The number of aromatic nitrogens is 2. The maximum Gasteiger partial charge on any atom is 0.174 e. The van der Waals surface area contributed by atoms with Gasteiger partial charge in [0, 0.05) is 27.7 Å². The van der Waals surface area contributed by atoms with Gasteiger partial charge < -0.3 is 14.8 Å². The highest BCUT2D eigenvalue weighted by Gasteiger charge is 2.42. The molecule has 0 aliphatic carbocycles. The second kappa shape index (κ2) is 8.96. The van der Waals surface area contributed by atoms with Crippen LogP contribution in [0.1, 0.15) is 40.3 Å². The van der Waals surface area contributed by atoms with Gasteiger partial charge in [0.15, 0.2) is 5.11 Å². The molecule has 4 aromatic rings. The summed E-state index contributed by atoms with van der Waals surface area (Å²) in [6.45, 7) is 6.11. The quantitative estimate of drug-likeness (QED) is 0.289. The number of halogens is 2. The summed E-state index contributed by atoms with van der Waals surface area (Å²) in [6.07, 6.45) is 1.80. The topological polar surface area (TPSA) is 33.1 Å². The molecule has 3 heterocycles. The van der Waals surface area contributed by atoms with E-state index in [-0.39, 0.29) is 17.9 Å². The summed E-state index contributed by atoms with van der Waals surface area (Å²) in [5.41, 5.74) is 6.57. The Kier molecular flexibility index (Phi) is 6.00. The third kappa shape index (κ3) is 3.83. The van der Waals surface area contributed by atoms with Gasteiger partial charge >= 0.3 is 0 Å². The van der Waals surface area contributed by atoms with Gasteiger partial charge in [-0.25, -0.2) is 4.39 Å². The Hall–Kier alpha value is -3.03. The average molecular weight is 535 g/mol. The van der Waals surface area contributed by atoms with Gasteiger partial charge in [0.2, 0.25) is 0 Å². The number of anilines is 1. The van der Waals surface area contributed by atoms with E-state index >= 15 is 0 Å². The van der Waals surface area contributed by atoms with E-state index in [2.05, 4.69) is 56.3 Å². The summed E-state index contributed by atoms with van der Waals surface area (Å²) in [5, 5.41) is 4.15.